The fourth-order valence-electron chi connectivity index (χ4n) is 5.34. The molecule has 0 saturated heterocycles. The van der Waals surface area contributed by atoms with E-state index in [2.05, 4.69) is 5.32 Å². The zero-order valence-electron chi connectivity index (χ0n) is 26.3. The largest absolute Gasteiger partial charge is 0.486 e. The number of carbonyl (C=O) groups is 2. The van der Waals surface area contributed by atoms with Crippen molar-refractivity contribution in [2.75, 3.05) is 24.1 Å². The number of rotatable bonds is 12. The Morgan fingerprint density at radius 1 is 0.826 bits per heavy atom. The van der Waals surface area contributed by atoms with Crippen LogP contribution < -0.4 is 19.1 Å². The smallest absolute Gasteiger partial charge is 0.264 e. The number of carbonyl (C=O) groups excluding carboxylic acids is 2. The van der Waals surface area contributed by atoms with Crippen molar-refractivity contribution in [3.8, 4) is 11.5 Å². The number of sulfonamides is 1. The number of hydrogen-bond acceptors (Lipinski definition) is 6. The summed E-state index contributed by atoms with van der Waals surface area (Å²) in [5, 5.41) is 2.98. The molecular weight excluding hydrogens is 602 g/mol. The summed E-state index contributed by atoms with van der Waals surface area (Å²) in [6, 6.07) is 28.8. The van der Waals surface area contributed by atoms with Gasteiger partial charge in [-0.15, -0.1) is 0 Å². The van der Waals surface area contributed by atoms with Crippen LogP contribution in [0.5, 0.6) is 11.5 Å². The Hall–Kier alpha value is -4.83. The van der Waals surface area contributed by atoms with Gasteiger partial charge in [0.2, 0.25) is 11.8 Å². The number of ether oxygens (including phenoxy) is 2. The number of aryl methyl sites for hydroxylation is 1. The molecule has 0 aromatic heterocycles. The lowest BCUT2D eigenvalue weighted by Crippen LogP contribution is -2.54. The van der Waals surface area contributed by atoms with Crippen LogP contribution in [-0.2, 0) is 32.6 Å². The molecule has 1 aliphatic heterocycles. The van der Waals surface area contributed by atoms with E-state index in [-0.39, 0.29) is 35.5 Å². The molecule has 1 aliphatic rings. The van der Waals surface area contributed by atoms with Crippen LogP contribution >= 0.6 is 0 Å². The molecule has 10 heteroatoms. The van der Waals surface area contributed by atoms with Crippen LogP contribution in [0, 0.1) is 6.92 Å². The van der Waals surface area contributed by atoms with Crippen molar-refractivity contribution < 1.29 is 27.5 Å². The summed E-state index contributed by atoms with van der Waals surface area (Å²) in [5.41, 5.74) is 2.91. The van der Waals surface area contributed by atoms with Gasteiger partial charge < -0.3 is 19.7 Å². The molecule has 240 valence electrons. The minimum Gasteiger partial charge on any atom is -0.486 e. The fourth-order valence-corrected chi connectivity index (χ4v) is 6.77. The topological polar surface area (TPSA) is 105 Å². The van der Waals surface area contributed by atoms with Crippen molar-refractivity contribution >= 4 is 27.5 Å². The zero-order chi connectivity index (χ0) is 32.7. The van der Waals surface area contributed by atoms with E-state index in [1.165, 1.54) is 17.0 Å². The molecular formula is C36H39N3O6S. The van der Waals surface area contributed by atoms with E-state index in [9.17, 15) is 18.0 Å². The van der Waals surface area contributed by atoms with Gasteiger partial charge in [0, 0.05) is 25.1 Å². The summed E-state index contributed by atoms with van der Waals surface area (Å²) in [6.45, 7) is 5.92. The molecule has 0 aliphatic carbocycles. The predicted octanol–water partition coefficient (Wildman–Crippen LogP) is 5.13. The Labute approximate surface area is 270 Å². The van der Waals surface area contributed by atoms with Gasteiger partial charge in [0.1, 0.15) is 25.8 Å². The van der Waals surface area contributed by atoms with Crippen LogP contribution in [0.4, 0.5) is 5.69 Å². The predicted molar refractivity (Wildman–Crippen MR) is 177 cm³/mol. The first-order valence-electron chi connectivity index (χ1n) is 15.3. The maximum Gasteiger partial charge on any atom is 0.264 e. The third-order valence-corrected chi connectivity index (χ3v) is 9.52. The quantitative estimate of drug-likeness (QED) is 0.230. The van der Waals surface area contributed by atoms with Crippen LogP contribution in [-0.4, -0.2) is 57.0 Å². The van der Waals surface area contributed by atoms with Crippen molar-refractivity contribution in [1.82, 2.24) is 10.2 Å². The Kier molecular flexibility index (Phi) is 10.3. The molecule has 1 N–H and O–H groups in total. The summed E-state index contributed by atoms with van der Waals surface area (Å²) < 4.78 is 40.9. The molecule has 1 atom stereocenters. The molecule has 4 aromatic rings. The van der Waals surface area contributed by atoms with Crippen molar-refractivity contribution in [3.05, 3.63) is 120 Å². The van der Waals surface area contributed by atoms with Crippen molar-refractivity contribution in [1.29, 1.82) is 0 Å². The van der Waals surface area contributed by atoms with E-state index in [1.54, 1.807) is 36.4 Å². The standard InChI is InChI=1S/C36H39N3O6S/c1-26(2)37-36(41)32(22-28-13-6-4-7-14-28)38(24-29-15-11-10-12-27(29)3)35(40)25-39(46(42,43)31-16-8-5-9-17-31)30-18-19-33-34(23-30)45-21-20-44-33/h4-19,23,26,32H,20-22,24-25H2,1-3H3,(H,37,41). The summed E-state index contributed by atoms with van der Waals surface area (Å²) in [5.74, 6) is 0.0300. The van der Waals surface area contributed by atoms with E-state index in [1.807, 2.05) is 75.4 Å². The van der Waals surface area contributed by atoms with Gasteiger partial charge in [-0.05, 0) is 61.7 Å². The summed E-state index contributed by atoms with van der Waals surface area (Å²) >= 11 is 0. The lowest BCUT2D eigenvalue weighted by molar-refractivity contribution is -0.140. The molecule has 0 saturated carbocycles. The average Bonchev–Trinajstić information content (AvgIpc) is 3.06. The fraction of sp³-hybridized carbons (Fsp3) is 0.278. The maximum atomic E-state index is 14.6. The second-order valence-electron chi connectivity index (χ2n) is 11.5. The minimum absolute atomic E-state index is 0.0292. The van der Waals surface area contributed by atoms with Gasteiger partial charge in [-0.1, -0.05) is 72.8 Å². The molecule has 0 spiro atoms. The van der Waals surface area contributed by atoms with Crippen LogP contribution in [0.1, 0.15) is 30.5 Å². The second kappa shape index (κ2) is 14.5. The Morgan fingerprint density at radius 2 is 1.46 bits per heavy atom. The Bertz CT molecular complexity index is 1760. The molecule has 5 rings (SSSR count). The molecule has 0 radical (unpaired) electrons. The number of benzene rings is 4. The van der Waals surface area contributed by atoms with Crippen molar-refractivity contribution in [2.24, 2.45) is 0 Å². The van der Waals surface area contributed by atoms with Crippen LogP contribution in [0.25, 0.3) is 0 Å². The highest BCUT2D eigenvalue weighted by molar-refractivity contribution is 7.92. The van der Waals surface area contributed by atoms with E-state index in [0.29, 0.717) is 24.7 Å². The van der Waals surface area contributed by atoms with Crippen LogP contribution in [0.2, 0.25) is 0 Å². The lowest BCUT2D eigenvalue weighted by Gasteiger charge is -2.34. The van der Waals surface area contributed by atoms with E-state index in [0.717, 1.165) is 21.0 Å². The lowest BCUT2D eigenvalue weighted by atomic mass is 10.0. The van der Waals surface area contributed by atoms with Gasteiger partial charge in [0.05, 0.1) is 10.6 Å². The van der Waals surface area contributed by atoms with E-state index in [4.69, 9.17) is 9.47 Å². The molecule has 4 aromatic carbocycles. The second-order valence-corrected chi connectivity index (χ2v) is 13.3. The first kappa shape index (κ1) is 32.6. The third kappa shape index (κ3) is 7.69. The SMILES string of the molecule is Cc1ccccc1CN(C(=O)CN(c1ccc2c(c1)OCCO2)S(=O)(=O)c1ccccc1)C(Cc1ccccc1)C(=O)NC(C)C. The third-order valence-electron chi connectivity index (χ3n) is 7.73. The number of amides is 2. The number of hydrogen-bond donors (Lipinski definition) is 1. The monoisotopic (exact) mass is 641 g/mol. The summed E-state index contributed by atoms with van der Waals surface area (Å²) in [4.78, 5) is 30.0. The molecule has 9 nitrogen and oxygen atoms in total. The highest BCUT2D eigenvalue weighted by Gasteiger charge is 2.35. The molecule has 0 bridgehead atoms. The Balaban J connectivity index is 1.59. The summed E-state index contributed by atoms with van der Waals surface area (Å²) in [7, 11) is -4.23. The van der Waals surface area contributed by atoms with Crippen molar-refractivity contribution in [3.63, 3.8) is 0 Å². The molecule has 1 heterocycles. The number of nitrogens with one attached hydrogen (secondary N) is 1. The zero-order valence-corrected chi connectivity index (χ0v) is 27.1. The number of nitrogens with zero attached hydrogens (tertiary/aromatic N) is 2. The first-order chi connectivity index (χ1) is 22.1. The summed E-state index contributed by atoms with van der Waals surface area (Å²) in [6.07, 6.45) is 0.243. The first-order valence-corrected chi connectivity index (χ1v) is 16.7. The van der Waals surface area contributed by atoms with Gasteiger partial charge in [-0.25, -0.2) is 8.42 Å². The van der Waals surface area contributed by atoms with Gasteiger partial charge in [-0.2, -0.15) is 0 Å². The van der Waals surface area contributed by atoms with Gasteiger partial charge in [0.15, 0.2) is 11.5 Å². The van der Waals surface area contributed by atoms with Gasteiger partial charge in [-0.3, -0.25) is 13.9 Å². The highest BCUT2D eigenvalue weighted by Crippen LogP contribution is 2.36. The van der Waals surface area contributed by atoms with Gasteiger partial charge >= 0.3 is 0 Å². The number of anilines is 1. The maximum absolute atomic E-state index is 14.6. The molecule has 2 amide bonds. The van der Waals surface area contributed by atoms with E-state index >= 15 is 0 Å². The van der Waals surface area contributed by atoms with Crippen molar-refractivity contribution in [2.45, 2.75) is 50.7 Å². The molecule has 46 heavy (non-hydrogen) atoms. The minimum atomic E-state index is -4.23. The van der Waals surface area contributed by atoms with Crippen LogP contribution in [0.3, 0.4) is 0 Å². The molecule has 0 fully saturated rings. The normalized spacial score (nSPS) is 13.1. The van der Waals surface area contributed by atoms with Gasteiger partial charge in [0.25, 0.3) is 10.0 Å². The average molecular weight is 642 g/mol. The number of fused-ring (bicyclic) bond motifs is 1. The highest BCUT2D eigenvalue weighted by atomic mass is 32.2. The van der Waals surface area contributed by atoms with E-state index < -0.39 is 28.5 Å². The van der Waals surface area contributed by atoms with Crippen LogP contribution in [0.15, 0.2) is 108 Å². The Morgan fingerprint density at radius 3 is 2.13 bits per heavy atom. The molecule has 1 unspecified atom stereocenters.